The summed E-state index contributed by atoms with van der Waals surface area (Å²) in [6, 6.07) is 0. The van der Waals surface area contributed by atoms with Gasteiger partial charge < -0.3 is 5.73 Å². The van der Waals surface area contributed by atoms with Crippen molar-refractivity contribution in [1.82, 2.24) is 24.8 Å². The fraction of sp³-hybridized carbons (Fsp3) is 0.545. The Morgan fingerprint density at radius 3 is 2.59 bits per heavy atom. The minimum absolute atomic E-state index is 0.626. The molecule has 0 bridgehead atoms. The number of nitrogen functional groups attached to an aromatic ring is 1. The Balaban J connectivity index is 2.32. The van der Waals surface area contributed by atoms with E-state index in [0.717, 1.165) is 35.6 Å². The molecule has 0 radical (unpaired) electrons. The molecule has 0 aliphatic carbocycles. The van der Waals surface area contributed by atoms with Crippen LogP contribution in [0.25, 0.3) is 0 Å². The van der Waals surface area contributed by atoms with Gasteiger partial charge in [-0.2, -0.15) is 5.10 Å². The number of nitrogens with zero attached hydrogens (tertiary/aromatic N) is 5. The molecule has 0 saturated heterocycles. The Hall–Kier alpha value is -1.85. The van der Waals surface area contributed by atoms with Gasteiger partial charge in [0.2, 0.25) is 0 Å². The first-order chi connectivity index (χ1) is 8.15. The first kappa shape index (κ1) is 11.6. The van der Waals surface area contributed by atoms with Crippen LogP contribution in [0.3, 0.4) is 0 Å². The predicted molar refractivity (Wildman–Crippen MR) is 65.5 cm³/mol. The summed E-state index contributed by atoms with van der Waals surface area (Å²) in [5.41, 5.74) is 9.81. The monoisotopic (exact) mass is 234 g/mol. The van der Waals surface area contributed by atoms with E-state index in [-0.39, 0.29) is 0 Å². The van der Waals surface area contributed by atoms with Gasteiger partial charge in [-0.1, -0.05) is 19.1 Å². The number of anilines is 1. The molecule has 2 heterocycles. The number of hydrogen-bond acceptors (Lipinski definition) is 4. The van der Waals surface area contributed by atoms with Gasteiger partial charge >= 0.3 is 0 Å². The van der Waals surface area contributed by atoms with Crippen LogP contribution in [0.2, 0.25) is 0 Å². The standard InChI is InChI=1S/C11H18N6/c1-4-9-11(12)10(5-2)17(14-9)7-8-6-16(3)15-13-8/h6H,4-5,7,12H2,1-3H3. The van der Waals surface area contributed by atoms with Crippen molar-refractivity contribution in [2.24, 2.45) is 7.05 Å². The Kier molecular flexibility index (Phi) is 3.12. The van der Waals surface area contributed by atoms with E-state index in [9.17, 15) is 0 Å². The van der Waals surface area contributed by atoms with Gasteiger partial charge in [0.15, 0.2) is 0 Å². The Morgan fingerprint density at radius 1 is 1.29 bits per heavy atom. The second-order valence-electron chi connectivity index (χ2n) is 4.06. The number of nitrogens with two attached hydrogens (primary N) is 1. The second kappa shape index (κ2) is 4.57. The zero-order valence-corrected chi connectivity index (χ0v) is 10.5. The molecular formula is C11H18N6. The largest absolute Gasteiger partial charge is 0.396 e. The van der Waals surface area contributed by atoms with Crippen molar-refractivity contribution in [1.29, 1.82) is 0 Å². The van der Waals surface area contributed by atoms with Gasteiger partial charge in [0.05, 0.1) is 23.6 Å². The molecule has 6 nitrogen and oxygen atoms in total. The molecule has 2 aromatic heterocycles. The smallest absolute Gasteiger partial charge is 0.104 e. The van der Waals surface area contributed by atoms with Gasteiger partial charge in [0, 0.05) is 13.2 Å². The van der Waals surface area contributed by atoms with Crippen molar-refractivity contribution in [3.63, 3.8) is 0 Å². The highest BCUT2D eigenvalue weighted by atomic mass is 15.4. The normalized spacial score (nSPS) is 11.0. The third kappa shape index (κ3) is 2.15. The summed E-state index contributed by atoms with van der Waals surface area (Å²) in [6.45, 7) is 4.77. The Morgan fingerprint density at radius 2 is 2.06 bits per heavy atom. The maximum absolute atomic E-state index is 6.06. The Bertz CT molecular complexity index is 510. The van der Waals surface area contributed by atoms with Crippen LogP contribution in [0.5, 0.6) is 0 Å². The minimum atomic E-state index is 0.626. The van der Waals surface area contributed by atoms with E-state index in [1.54, 1.807) is 4.68 Å². The highest BCUT2D eigenvalue weighted by Crippen LogP contribution is 2.19. The van der Waals surface area contributed by atoms with Crippen molar-refractivity contribution in [2.75, 3.05) is 5.73 Å². The molecule has 0 saturated carbocycles. The van der Waals surface area contributed by atoms with E-state index in [0.29, 0.717) is 6.54 Å². The molecule has 0 fully saturated rings. The molecule has 92 valence electrons. The van der Waals surface area contributed by atoms with Crippen LogP contribution < -0.4 is 5.73 Å². The molecule has 0 aromatic carbocycles. The van der Waals surface area contributed by atoms with E-state index in [1.165, 1.54) is 0 Å². The lowest BCUT2D eigenvalue weighted by Gasteiger charge is -2.03. The van der Waals surface area contributed by atoms with E-state index >= 15 is 0 Å². The summed E-state index contributed by atoms with van der Waals surface area (Å²) in [6.07, 6.45) is 3.62. The summed E-state index contributed by atoms with van der Waals surface area (Å²) in [5, 5.41) is 12.5. The fourth-order valence-corrected chi connectivity index (χ4v) is 1.95. The van der Waals surface area contributed by atoms with Crippen LogP contribution in [0, 0.1) is 0 Å². The average molecular weight is 234 g/mol. The zero-order chi connectivity index (χ0) is 12.4. The first-order valence-corrected chi connectivity index (χ1v) is 5.84. The lowest BCUT2D eigenvalue weighted by Crippen LogP contribution is -2.07. The third-order valence-corrected chi connectivity index (χ3v) is 2.81. The number of rotatable bonds is 4. The van der Waals surface area contributed by atoms with Gasteiger partial charge in [0.25, 0.3) is 0 Å². The van der Waals surface area contributed by atoms with Crippen LogP contribution in [0.1, 0.15) is 30.9 Å². The second-order valence-corrected chi connectivity index (χ2v) is 4.06. The van der Waals surface area contributed by atoms with Gasteiger partial charge in [-0.3, -0.25) is 9.36 Å². The van der Waals surface area contributed by atoms with Crippen LogP contribution in [-0.4, -0.2) is 24.8 Å². The molecule has 2 rings (SSSR count). The number of hydrogen-bond donors (Lipinski definition) is 1. The topological polar surface area (TPSA) is 74.5 Å². The van der Waals surface area contributed by atoms with E-state index in [1.807, 2.05) is 17.9 Å². The highest BCUT2D eigenvalue weighted by Gasteiger charge is 2.13. The van der Waals surface area contributed by atoms with Crippen molar-refractivity contribution in [2.45, 2.75) is 33.2 Å². The maximum atomic E-state index is 6.06. The quantitative estimate of drug-likeness (QED) is 0.847. The number of aromatic nitrogens is 5. The van der Waals surface area contributed by atoms with Crippen molar-refractivity contribution < 1.29 is 0 Å². The molecule has 2 N–H and O–H groups in total. The van der Waals surface area contributed by atoms with Crippen molar-refractivity contribution in [3.05, 3.63) is 23.3 Å². The molecule has 17 heavy (non-hydrogen) atoms. The van der Waals surface area contributed by atoms with Crippen LogP contribution >= 0.6 is 0 Å². The number of aryl methyl sites for hydroxylation is 2. The molecule has 0 amide bonds. The van der Waals surface area contributed by atoms with Gasteiger partial charge in [-0.25, -0.2) is 0 Å². The summed E-state index contributed by atoms with van der Waals surface area (Å²) in [5.74, 6) is 0. The van der Waals surface area contributed by atoms with Gasteiger partial charge in [-0.15, -0.1) is 5.10 Å². The SMILES string of the molecule is CCc1nn(Cc2cn(C)nn2)c(CC)c1N. The molecule has 0 aliphatic heterocycles. The summed E-state index contributed by atoms with van der Waals surface area (Å²) in [4.78, 5) is 0. The van der Waals surface area contributed by atoms with E-state index < -0.39 is 0 Å². The van der Waals surface area contributed by atoms with E-state index in [2.05, 4.69) is 29.3 Å². The first-order valence-electron chi connectivity index (χ1n) is 5.84. The van der Waals surface area contributed by atoms with Crippen molar-refractivity contribution in [3.8, 4) is 0 Å². The van der Waals surface area contributed by atoms with Crippen LogP contribution in [0.4, 0.5) is 5.69 Å². The lowest BCUT2D eigenvalue weighted by atomic mass is 10.2. The third-order valence-electron chi connectivity index (χ3n) is 2.81. The van der Waals surface area contributed by atoms with Crippen LogP contribution in [0.15, 0.2) is 6.20 Å². The molecular weight excluding hydrogens is 216 g/mol. The van der Waals surface area contributed by atoms with Gasteiger partial charge in [-0.05, 0) is 12.8 Å². The van der Waals surface area contributed by atoms with Gasteiger partial charge in [0.1, 0.15) is 5.69 Å². The fourth-order valence-electron chi connectivity index (χ4n) is 1.95. The maximum Gasteiger partial charge on any atom is 0.104 e. The summed E-state index contributed by atoms with van der Waals surface area (Å²) < 4.78 is 3.62. The molecule has 0 spiro atoms. The zero-order valence-electron chi connectivity index (χ0n) is 10.5. The van der Waals surface area contributed by atoms with Crippen molar-refractivity contribution >= 4 is 5.69 Å². The lowest BCUT2D eigenvalue weighted by molar-refractivity contribution is 0.628. The average Bonchev–Trinajstić information content (AvgIpc) is 2.83. The Labute approximate surface area is 100 Å². The summed E-state index contributed by atoms with van der Waals surface area (Å²) >= 11 is 0. The van der Waals surface area contributed by atoms with E-state index in [4.69, 9.17) is 5.73 Å². The minimum Gasteiger partial charge on any atom is -0.396 e. The molecule has 6 heteroatoms. The molecule has 0 unspecified atom stereocenters. The molecule has 2 aromatic rings. The summed E-state index contributed by atoms with van der Waals surface area (Å²) in [7, 11) is 1.85. The molecule has 0 atom stereocenters. The highest BCUT2D eigenvalue weighted by molar-refractivity contribution is 5.48. The molecule has 0 aliphatic rings. The van der Waals surface area contributed by atoms with Crippen LogP contribution in [-0.2, 0) is 26.4 Å². The predicted octanol–water partition coefficient (Wildman–Crippen LogP) is 0.767.